The van der Waals surface area contributed by atoms with E-state index < -0.39 is 0 Å². The van der Waals surface area contributed by atoms with Crippen molar-refractivity contribution in [3.05, 3.63) is 24.5 Å². The minimum Gasteiger partial charge on any atom is -0.356 e. The molecule has 4 rings (SSSR count). The maximum Gasteiger partial charge on any atom is 0.224 e. The lowest BCUT2D eigenvalue weighted by Gasteiger charge is -2.28. The second-order valence-electron chi connectivity index (χ2n) is 7.38. The van der Waals surface area contributed by atoms with Gasteiger partial charge >= 0.3 is 0 Å². The number of carbonyl (C=O) groups excluding carboxylic acids is 1. The predicted octanol–water partition coefficient (Wildman–Crippen LogP) is 4.14. The fraction of sp³-hybridized carbons (Fsp3) is 0.550. The van der Waals surface area contributed by atoms with Gasteiger partial charge in [-0.2, -0.15) is 0 Å². The normalized spacial score (nSPS) is 18.6. The van der Waals surface area contributed by atoms with Crippen molar-refractivity contribution in [3.63, 3.8) is 0 Å². The van der Waals surface area contributed by atoms with Crippen LogP contribution in [-0.2, 0) is 4.79 Å². The van der Waals surface area contributed by atoms with Crippen LogP contribution in [0.4, 0.5) is 11.5 Å². The van der Waals surface area contributed by atoms with Crippen LogP contribution < -0.4 is 10.2 Å². The third-order valence-corrected chi connectivity index (χ3v) is 5.50. The van der Waals surface area contributed by atoms with Gasteiger partial charge in [0.1, 0.15) is 12.1 Å². The Balaban J connectivity index is 1.54. The highest BCUT2D eigenvalue weighted by Crippen LogP contribution is 2.30. The van der Waals surface area contributed by atoms with Crippen LogP contribution >= 0.6 is 0 Å². The van der Waals surface area contributed by atoms with Gasteiger partial charge in [-0.3, -0.25) is 4.79 Å². The summed E-state index contributed by atoms with van der Waals surface area (Å²) >= 11 is 0. The van der Waals surface area contributed by atoms with Gasteiger partial charge in [0.15, 0.2) is 0 Å². The first-order chi connectivity index (χ1) is 12.3. The Morgan fingerprint density at radius 1 is 1.08 bits per heavy atom. The highest BCUT2D eigenvalue weighted by Gasteiger charge is 2.19. The van der Waals surface area contributed by atoms with Crippen molar-refractivity contribution in [2.45, 2.75) is 51.4 Å². The van der Waals surface area contributed by atoms with Crippen molar-refractivity contribution in [2.75, 3.05) is 23.3 Å². The highest BCUT2D eigenvalue weighted by molar-refractivity contribution is 5.96. The number of fused-ring (bicyclic) bond motifs is 1. The van der Waals surface area contributed by atoms with Crippen molar-refractivity contribution in [1.82, 2.24) is 9.97 Å². The number of rotatable bonds is 4. The first-order valence-electron chi connectivity index (χ1n) is 9.59. The van der Waals surface area contributed by atoms with Crippen molar-refractivity contribution >= 4 is 28.3 Å². The number of nitrogens with one attached hydrogen (secondary N) is 1. The minimum atomic E-state index is 0.127. The molecule has 1 aliphatic heterocycles. The molecule has 1 aliphatic carbocycles. The Morgan fingerprint density at radius 2 is 1.88 bits per heavy atom. The molecule has 1 aromatic heterocycles. The molecule has 2 fully saturated rings. The molecule has 2 aromatic rings. The van der Waals surface area contributed by atoms with Crippen LogP contribution in [-0.4, -0.2) is 29.0 Å². The molecule has 0 spiro atoms. The molecule has 1 aromatic carbocycles. The summed E-state index contributed by atoms with van der Waals surface area (Å²) in [5.74, 6) is 1.69. The summed E-state index contributed by atoms with van der Waals surface area (Å²) in [5.41, 5.74) is 1.79. The van der Waals surface area contributed by atoms with Crippen LogP contribution in [0.1, 0.15) is 51.4 Å². The smallest absolute Gasteiger partial charge is 0.224 e. The Morgan fingerprint density at radius 3 is 2.68 bits per heavy atom. The van der Waals surface area contributed by atoms with Gasteiger partial charge in [-0.05, 0) is 56.2 Å². The standard InChI is InChI=1S/C20H26N4O/c25-19(12-15-6-2-3-7-15)23-16-8-9-18-17(13-16)20(22-14-21-18)24-10-4-1-5-11-24/h8-9,13-15H,1-7,10-12H2,(H,23,25). The molecular weight excluding hydrogens is 312 g/mol. The fourth-order valence-corrected chi connectivity index (χ4v) is 4.17. The number of hydrogen-bond acceptors (Lipinski definition) is 4. The average molecular weight is 338 g/mol. The van der Waals surface area contributed by atoms with E-state index in [0.717, 1.165) is 35.5 Å². The van der Waals surface area contributed by atoms with Gasteiger partial charge in [0.25, 0.3) is 0 Å². The second-order valence-corrected chi connectivity index (χ2v) is 7.38. The molecule has 5 heteroatoms. The summed E-state index contributed by atoms with van der Waals surface area (Å²) in [6.45, 7) is 2.09. The maximum absolute atomic E-state index is 12.3. The Labute approximate surface area is 148 Å². The topological polar surface area (TPSA) is 58.1 Å². The van der Waals surface area contributed by atoms with Gasteiger partial charge in [0.2, 0.25) is 5.91 Å². The number of amides is 1. The third kappa shape index (κ3) is 3.75. The van der Waals surface area contributed by atoms with Crippen LogP contribution in [0.2, 0.25) is 0 Å². The molecule has 2 heterocycles. The summed E-state index contributed by atoms with van der Waals surface area (Å²) in [5, 5.41) is 4.11. The second kappa shape index (κ2) is 7.38. The largest absolute Gasteiger partial charge is 0.356 e. The van der Waals surface area contributed by atoms with E-state index >= 15 is 0 Å². The van der Waals surface area contributed by atoms with Crippen LogP contribution in [0, 0.1) is 5.92 Å². The molecule has 0 bridgehead atoms. The Bertz CT molecular complexity index is 748. The van der Waals surface area contributed by atoms with Crippen molar-refractivity contribution in [3.8, 4) is 0 Å². The molecule has 2 aliphatic rings. The molecule has 25 heavy (non-hydrogen) atoms. The predicted molar refractivity (Wildman–Crippen MR) is 101 cm³/mol. The lowest BCUT2D eigenvalue weighted by molar-refractivity contribution is -0.117. The van der Waals surface area contributed by atoms with Crippen LogP contribution in [0.15, 0.2) is 24.5 Å². The highest BCUT2D eigenvalue weighted by atomic mass is 16.1. The van der Waals surface area contributed by atoms with E-state index in [4.69, 9.17) is 0 Å². The number of aromatic nitrogens is 2. The van der Waals surface area contributed by atoms with Crippen LogP contribution in [0.25, 0.3) is 10.9 Å². The quantitative estimate of drug-likeness (QED) is 0.910. The monoisotopic (exact) mass is 338 g/mol. The van der Waals surface area contributed by atoms with Gasteiger partial charge in [0, 0.05) is 30.6 Å². The molecule has 1 amide bonds. The zero-order valence-corrected chi connectivity index (χ0v) is 14.7. The zero-order valence-electron chi connectivity index (χ0n) is 14.7. The van der Waals surface area contributed by atoms with E-state index in [9.17, 15) is 4.79 Å². The summed E-state index contributed by atoms with van der Waals surface area (Å²) in [6.07, 6.45) is 10.9. The zero-order chi connectivity index (χ0) is 17.1. The minimum absolute atomic E-state index is 0.127. The number of anilines is 2. The van der Waals surface area contributed by atoms with Gasteiger partial charge in [-0.15, -0.1) is 0 Å². The molecule has 5 nitrogen and oxygen atoms in total. The molecular formula is C20H26N4O. The molecule has 0 unspecified atom stereocenters. The summed E-state index contributed by atoms with van der Waals surface area (Å²) in [7, 11) is 0. The average Bonchev–Trinajstić information content (AvgIpc) is 3.14. The van der Waals surface area contributed by atoms with Crippen molar-refractivity contribution in [2.24, 2.45) is 5.92 Å². The first-order valence-corrected chi connectivity index (χ1v) is 9.59. The molecule has 0 atom stereocenters. The van der Waals surface area contributed by atoms with E-state index in [2.05, 4.69) is 20.2 Å². The van der Waals surface area contributed by atoms with Crippen molar-refractivity contribution in [1.29, 1.82) is 0 Å². The van der Waals surface area contributed by atoms with Crippen LogP contribution in [0.5, 0.6) is 0 Å². The van der Waals surface area contributed by atoms with E-state index in [-0.39, 0.29) is 5.91 Å². The lowest BCUT2D eigenvalue weighted by Crippen LogP contribution is -2.30. The first kappa shape index (κ1) is 16.3. The van der Waals surface area contributed by atoms with Gasteiger partial charge in [0.05, 0.1) is 5.52 Å². The molecule has 1 saturated carbocycles. The van der Waals surface area contributed by atoms with Gasteiger partial charge in [-0.1, -0.05) is 12.8 Å². The Kier molecular flexibility index (Phi) is 4.81. The molecule has 132 valence electrons. The van der Waals surface area contributed by atoms with E-state index in [1.54, 1.807) is 6.33 Å². The molecule has 1 saturated heterocycles. The summed E-state index contributed by atoms with van der Waals surface area (Å²) in [6, 6.07) is 5.96. The van der Waals surface area contributed by atoms with Gasteiger partial charge < -0.3 is 10.2 Å². The van der Waals surface area contributed by atoms with E-state index in [0.29, 0.717) is 12.3 Å². The fourth-order valence-electron chi connectivity index (χ4n) is 4.17. The Hall–Kier alpha value is -2.17. The summed E-state index contributed by atoms with van der Waals surface area (Å²) < 4.78 is 0. The maximum atomic E-state index is 12.3. The molecule has 0 radical (unpaired) electrons. The van der Waals surface area contributed by atoms with E-state index in [1.807, 2.05) is 18.2 Å². The number of piperidine rings is 1. The van der Waals surface area contributed by atoms with Gasteiger partial charge in [-0.25, -0.2) is 9.97 Å². The number of benzene rings is 1. The number of nitrogens with zero attached hydrogens (tertiary/aromatic N) is 3. The lowest BCUT2D eigenvalue weighted by atomic mass is 10.0. The van der Waals surface area contributed by atoms with Crippen LogP contribution in [0.3, 0.4) is 0 Å². The number of hydrogen-bond donors (Lipinski definition) is 1. The number of carbonyl (C=O) groups is 1. The van der Waals surface area contributed by atoms with E-state index in [1.165, 1.54) is 44.9 Å². The SMILES string of the molecule is O=C(CC1CCCC1)Nc1ccc2ncnc(N3CCCCC3)c2c1. The summed E-state index contributed by atoms with van der Waals surface area (Å²) in [4.78, 5) is 23.6. The molecule has 1 N–H and O–H groups in total. The third-order valence-electron chi connectivity index (χ3n) is 5.50. The van der Waals surface area contributed by atoms with Crippen molar-refractivity contribution < 1.29 is 4.79 Å².